The maximum absolute atomic E-state index is 12.5. The van der Waals surface area contributed by atoms with Crippen molar-refractivity contribution in [2.45, 2.75) is 36.0 Å². The molecule has 9 nitrogen and oxygen atoms in total. The lowest BCUT2D eigenvalue weighted by atomic mass is 9.39. The average molecular weight is 466 g/mol. The summed E-state index contributed by atoms with van der Waals surface area (Å²) in [6.45, 7) is 0. The van der Waals surface area contributed by atoms with E-state index in [-0.39, 0.29) is 33.4 Å². The molecular weight excluding hydrogens is 450 g/mol. The van der Waals surface area contributed by atoms with E-state index in [1.54, 1.807) is 12.1 Å². The normalized spacial score (nSPS) is 24.7. The number of nitrogens with zero attached hydrogens (tertiary/aromatic N) is 4. The van der Waals surface area contributed by atoms with Crippen LogP contribution in [0.5, 0.6) is 0 Å². The van der Waals surface area contributed by atoms with Gasteiger partial charge in [0.25, 0.3) is 5.91 Å². The number of hydrogen-bond acceptors (Lipinski definition) is 9. The zero-order valence-corrected chi connectivity index (χ0v) is 18.1. The number of rotatable bonds is 6. The molecule has 0 radical (unpaired) electrons. The summed E-state index contributed by atoms with van der Waals surface area (Å²) in [5.74, 6) is 0.611. The molecule has 0 aliphatic heterocycles. The van der Waals surface area contributed by atoms with E-state index < -0.39 is 9.84 Å². The van der Waals surface area contributed by atoms with E-state index in [4.69, 9.17) is 16.1 Å². The van der Waals surface area contributed by atoms with Crippen LogP contribution in [0, 0.1) is 0 Å². The van der Waals surface area contributed by atoms with Crippen LogP contribution in [-0.2, 0) is 21.0 Å². The van der Waals surface area contributed by atoms with Crippen LogP contribution < -0.4 is 5.32 Å². The molecule has 0 atom stereocenters. The van der Waals surface area contributed by atoms with Crippen LogP contribution in [0.15, 0.2) is 28.8 Å². The van der Waals surface area contributed by atoms with Gasteiger partial charge in [-0.05, 0) is 55.1 Å². The summed E-state index contributed by atoms with van der Waals surface area (Å²) in [6.07, 6.45) is 3.24. The molecule has 1 aromatic carbocycles. The van der Waals surface area contributed by atoms with Crippen LogP contribution in [0.25, 0.3) is 11.4 Å². The van der Waals surface area contributed by atoms with E-state index in [1.165, 1.54) is 0 Å². The van der Waals surface area contributed by atoms with Crippen molar-refractivity contribution in [3.05, 3.63) is 46.0 Å². The van der Waals surface area contributed by atoms with Crippen LogP contribution in [-0.4, -0.2) is 45.6 Å². The minimum Gasteiger partial charge on any atom is -0.344 e. The quantitative estimate of drug-likeness (QED) is 0.587. The van der Waals surface area contributed by atoms with Crippen LogP contribution >= 0.6 is 23.1 Å². The van der Waals surface area contributed by atoms with Gasteiger partial charge in [-0.25, -0.2) is 13.4 Å². The van der Waals surface area contributed by atoms with Crippen molar-refractivity contribution in [3.8, 4) is 11.4 Å². The topological polar surface area (TPSA) is 128 Å². The van der Waals surface area contributed by atoms with E-state index in [0.717, 1.165) is 23.4 Å². The highest BCUT2D eigenvalue weighted by atomic mass is 35.5. The molecule has 3 aliphatic rings. The van der Waals surface area contributed by atoms with Crippen molar-refractivity contribution in [2.75, 3.05) is 6.26 Å². The zero-order chi connectivity index (χ0) is 21.1. The Morgan fingerprint density at radius 3 is 2.60 bits per heavy atom. The second kappa shape index (κ2) is 6.56. The van der Waals surface area contributed by atoms with Crippen molar-refractivity contribution < 1.29 is 17.7 Å². The van der Waals surface area contributed by atoms with Gasteiger partial charge in [0.1, 0.15) is 5.75 Å². The third-order valence-corrected chi connectivity index (χ3v) is 7.23. The second-order valence-electron chi connectivity index (χ2n) is 8.06. The van der Waals surface area contributed by atoms with Crippen molar-refractivity contribution in [2.24, 2.45) is 0 Å². The molecule has 3 aliphatic carbocycles. The van der Waals surface area contributed by atoms with Crippen molar-refractivity contribution in [3.63, 3.8) is 0 Å². The Bertz CT molecular complexity index is 1230. The predicted octanol–water partition coefficient (Wildman–Crippen LogP) is 2.39. The molecule has 2 heterocycles. The number of carbonyl (C=O) groups excluding carboxylic acids is 1. The molecule has 3 fully saturated rings. The van der Waals surface area contributed by atoms with Gasteiger partial charge in [0, 0.05) is 22.4 Å². The molecule has 12 heteroatoms. The molecule has 3 saturated carbocycles. The lowest BCUT2D eigenvalue weighted by Gasteiger charge is -2.68. The summed E-state index contributed by atoms with van der Waals surface area (Å²) >= 11 is 6.81. The minimum atomic E-state index is -3.25. The van der Waals surface area contributed by atoms with E-state index in [9.17, 15) is 13.2 Å². The SMILES string of the molecule is CS(=O)(=O)Cc1nsc(C(=O)NC23CC(c4nc(-c5ccc(Cl)cc5)no4)(C2)C3)n1. The molecule has 2 aromatic heterocycles. The summed E-state index contributed by atoms with van der Waals surface area (Å²) in [5, 5.41) is 7.87. The Morgan fingerprint density at radius 1 is 1.23 bits per heavy atom. The summed E-state index contributed by atoms with van der Waals surface area (Å²) in [5.41, 5.74) is 0.313. The first kappa shape index (κ1) is 19.6. The highest BCUT2D eigenvalue weighted by Crippen LogP contribution is 2.67. The Balaban J connectivity index is 1.22. The van der Waals surface area contributed by atoms with Gasteiger partial charge in [0.15, 0.2) is 15.7 Å². The van der Waals surface area contributed by atoms with Gasteiger partial charge in [0.2, 0.25) is 16.7 Å². The minimum absolute atomic E-state index is 0.141. The van der Waals surface area contributed by atoms with E-state index in [2.05, 4.69) is 24.8 Å². The fourth-order valence-corrected chi connectivity index (χ4v) is 5.62. The fraction of sp³-hybridized carbons (Fsp3) is 0.389. The Labute approximate surface area is 180 Å². The molecule has 0 unspecified atom stereocenters. The van der Waals surface area contributed by atoms with Crippen molar-refractivity contribution in [1.82, 2.24) is 24.8 Å². The average Bonchev–Trinajstić information content (AvgIpc) is 3.25. The largest absolute Gasteiger partial charge is 0.344 e. The first-order chi connectivity index (χ1) is 14.2. The summed E-state index contributed by atoms with van der Waals surface area (Å²) in [4.78, 5) is 21.1. The lowest BCUT2D eigenvalue weighted by molar-refractivity contribution is -0.0985. The van der Waals surface area contributed by atoms with Crippen LogP contribution in [0.1, 0.15) is 40.8 Å². The molecule has 30 heavy (non-hydrogen) atoms. The molecule has 156 valence electrons. The molecule has 2 bridgehead atoms. The lowest BCUT2D eigenvalue weighted by Crippen LogP contribution is -2.76. The highest BCUT2D eigenvalue weighted by Gasteiger charge is 2.72. The number of benzene rings is 1. The Hall–Kier alpha value is -2.37. The van der Waals surface area contributed by atoms with Crippen LogP contribution in [0.4, 0.5) is 0 Å². The predicted molar refractivity (Wildman–Crippen MR) is 109 cm³/mol. The number of aromatic nitrogens is 4. The van der Waals surface area contributed by atoms with Crippen molar-refractivity contribution in [1.29, 1.82) is 0 Å². The standard InChI is InChI=1S/C18H16ClN5O4S2/c1-30(26,27)6-12-20-15(29-24-12)14(25)22-18-7-17(8-18,9-18)16-21-13(23-28-16)10-2-4-11(19)5-3-10/h2-5H,6-9H2,1H3,(H,22,25). The van der Waals surface area contributed by atoms with Gasteiger partial charge < -0.3 is 9.84 Å². The van der Waals surface area contributed by atoms with E-state index in [1.807, 2.05) is 12.1 Å². The molecule has 1 N–H and O–H groups in total. The second-order valence-corrected chi connectivity index (χ2v) is 11.4. The van der Waals surface area contributed by atoms with Gasteiger partial charge in [-0.15, -0.1) is 0 Å². The van der Waals surface area contributed by atoms with E-state index in [0.29, 0.717) is 36.0 Å². The third kappa shape index (κ3) is 3.40. The molecular formula is C18H16ClN5O4S2. The first-order valence-corrected chi connectivity index (χ1v) is 12.3. The summed E-state index contributed by atoms with van der Waals surface area (Å²) in [7, 11) is -3.25. The number of carbonyl (C=O) groups is 1. The highest BCUT2D eigenvalue weighted by molar-refractivity contribution is 7.89. The van der Waals surface area contributed by atoms with Gasteiger partial charge >= 0.3 is 0 Å². The number of amides is 1. The summed E-state index contributed by atoms with van der Waals surface area (Å²) < 4.78 is 32.1. The fourth-order valence-electron chi connectivity index (χ4n) is 4.24. The molecule has 3 aromatic rings. The summed E-state index contributed by atoms with van der Waals surface area (Å²) in [6, 6.07) is 7.21. The molecule has 6 rings (SSSR count). The van der Waals surface area contributed by atoms with Gasteiger partial charge in [-0.3, -0.25) is 4.79 Å². The Morgan fingerprint density at radius 2 is 1.93 bits per heavy atom. The number of nitrogens with one attached hydrogen (secondary N) is 1. The first-order valence-electron chi connectivity index (χ1n) is 9.08. The molecule has 0 spiro atoms. The van der Waals surface area contributed by atoms with Crippen LogP contribution in [0.2, 0.25) is 5.02 Å². The monoisotopic (exact) mass is 465 g/mol. The smallest absolute Gasteiger partial charge is 0.282 e. The van der Waals surface area contributed by atoms with Gasteiger partial charge in [-0.1, -0.05) is 16.8 Å². The van der Waals surface area contributed by atoms with Crippen LogP contribution in [0.3, 0.4) is 0 Å². The molecule has 1 amide bonds. The third-order valence-electron chi connectivity index (χ3n) is 5.44. The maximum Gasteiger partial charge on any atom is 0.282 e. The zero-order valence-electron chi connectivity index (χ0n) is 15.8. The van der Waals surface area contributed by atoms with Crippen molar-refractivity contribution >= 4 is 38.9 Å². The van der Waals surface area contributed by atoms with E-state index >= 15 is 0 Å². The Kier molecular flexibility index (Phi) is 4.28. The number of hydrogen-bond donors (Lipinski definition) is 1. The number of sulfone groups is 1. The van der Waals surface area contributed by atoms with Gasteiger partial charge in [-0.2, -0.15) is 9.36 Å². The number of halogens is 1. The van der Waals surface area contributed by atoms with Gasteiger partial charge in [0.05, 0.1) is 5.41 Å². The maximum atomic E-state index is 12.5. The molecule has 0 saturated heterocycles.